The number of anilines is 1. The van der Waals surface area contributed by atoms with E-state index in [2.05, 4.69) is 5.32 Å². The molecule has 124 valence electrons. The lowest BCUT2D eigenvalue weighted by Crippen LogP contribution is -2.40. The zero-order valence-corrected chi connectivity index (χ0v) is 13.5. The molecule has 0 heterocycles. The average molecular weight is 326 g/mol. The van der Waals surface area contributed by atoms with E-state index < -0.39 is 17.1 Å². The Morgan fingerprint density at radius 2 is 1.71 bits per heavy atom. The van der Waals surface area contributed by atoms with Crippen molar-refractivity contribution in [2.24, 2.45) is 5.41 Å². The van der Waals surface area contributed by atoms with Crippen molar-refractivity contribution < 1.29 is 14.0 Å². The predicted octanol–water partition coefficient (Wildman–Crippen LogP) is 3.20. The number of carbonyl (C=O) groups excluding carboxylic acids is 2. The molecule has 0 unspecified atom stereocenters. The Balaban J connectivity index is 1.69. The van der Waals surface area contributed by atoms with Crippen LogP contribution in [-0.2, 0) is 16.1 Å². The van der Waals surface area contributed by atoms with Gasteiger partial charge in [-0.1, -0.05) is 42.5 Å². The fourth-order valence-corrected chi connectivity index (χ4v) is 2.76. The van der Waals surface area contributed by atoms with Crippen LogP contribution in [0.4, 0.5) is 10.1 Å². The standard InChI is InChI=1S/C19H19FN2O2/c1-22(13-14-7-3-2-4-8-14)18(24)19(11-12-19)17(23)21-16-10-6-5-9-15(16)20/h2-10H,11-13H2,1H3,(H,21,23). The van der Waals surface area contributed by atoms with E-state index in [9.17, 15) is 14.0 Å². The molecule has 2 aromatic carbocycles. The van der Waals surface area contributed by atoms with E-state index in [4.69, 9.17) is 0 Å². The zero-order chi connectivity index (χ0) is 17.2. The maximum atomic E-state index is 13.7. The maximum absolute atomic E-state index is 13.7. The molecule has 0 radical (unpaired) electrons. The number of hydrogen-bond donors (Lipinski definition) is 1. The quantitative estimate of drug-likeness (QED) is 0.858. The van der Waals surface area contributed by atoms with E-state index in [0.717, 1.165) is 5.56 Å². The molecule has 5 heteroatoms. The van der Waals surface area contributed by atoms with Crippen LogP contribution in [-0.4, -0.2) is 23.8 Å². The van der Waals surface area contributed by atoms with E-state index in [1.807, 2.05) is 30.3 Å². The van der Waals surface area contributed by atoms with E-state index in [-0.39, 0.29) is 11.6 Å². The fourth-order valence-electron chi connectivity index (χ4n) is 2.76. The van der Waals surface area contributed by atoms with Crippen LogP contribution in [0.1, 0.15) is 18.4 Å². The summed E-state index contributed by atoms with van der Waals surface area (Å²) in [5.74, 6) is -1.16. The molecule has 3 rings (SSSR count). The summed E-state index contributed by atoms with van der Waals surface area (Å²) < 4.78 is 13.7. The first-order chi connectivity index (χ1) is 11.5. The average Bonchev–Trinajstić information content (AvgIpc) is 3.39. The Morgan fingerprint density at radius 1 is 1.08 bits per heavy atom. The van der Waals surface area contributed by atoms with E-state index >= 15 is 0 Å². The van der Waals surface area contributed by atoms with Gasteiger partial charge < -0.3 is 10.2 Å². The second kappa shape index (κ2) is 6.43. The first kappa shape index (κ1) is 16.2. The molecule has 1 fully saturated rings. The lowest BCUT2D eigenvalue weighted by molar-refractivity contribution is -0.141. The molecule has 1 saturated carbocycles. The molecular weight excluding hydrogens is 307 g/mol. The highest BCUT2D eigenvalue weighted by Crippen LogP contribution is 2.48. The topological polar surface area (TPSA) is 49.4 Å². The summed E-state index contributed by atoms with van der Waals surface area (Å²) in [5.41, 5.74) is 0.0391. The van der Waals surface area contributed by atoms with Crippen LogP contribution in [0, 0.1) is 11.2 Å². The lowest BCUT2D eigenvalue weighted by atomic mass is 10.0. The van der Waals surface area contributed by atoms with E-state index in [1.165, 1.54) is 12.1 Å². The SMILES string of the molecule is CN(Cc1ccccc1)C(=O)C1(C(=O)Nc2ccccc2F)CC1. The number of halogens is 1. The third-order valence-electron chi connectivity index (χ3n) is 4.33. The summed E-state index contributed by atoms with van der Waals surface area (Å²) in [6.07, 6.45) is 0.983. The van der Waals surface area contributed by atoms with Gasteiger partial charge in [-0.3, -0.25) is 9.59 Å². The highest BCUT2D eigenvalue weighted by Gasteiger charge is 2.57. The Labute approximate surface area is 140 Å². The monoisotopic (exact) mass is 326 g/mol. The van der Waals surface area contributed by atoms with Gasteiger partial charge in [0.15, 0.2) is 0 Å². The van der Waals surface area contributed by atoms with Crippen molar-refractivity contribution in [3.63, 3.8) is 0 Å². The number of benzene rings is 2. The molecule has 0 spiro atoms. The van der Waals surface area contributed by atoms with Gasteiger partial charge in [0.25, 0.3) is 0 Å². The van der Waals surface area contributed by atoms with Crippen LogP contribution in [0.2, 0.25) is 0 Å². The van der Waals surface area contributed by atoms with Gasteiger partial charge in [0.2, 0.25) is 11.8 Å². The van der Waals surface area contributed by atoms with Crippen molar-refractivity contribution in [3.8, 4) is 0 Å². The molecule has 0 aliphatic heterocycles. The molecule has 2 aromatic rings. The summed E-state index contributed by atoms with van der Waals surface area (Å²) in [6.45, 7) is 0.439. The van der Waals surface area contributed by atoms with Crippen molar-refractivity contribution in [3.05, 3.63) is 66.0 Å². The minimum absolute atomic E-state index is 0.104. The van der Waals surface area contributed by atoms with Gasteiger partial charge in [-0.15, -0.1) is 0 Å². The Bertz CT molecular complexity index is 757. The molecule has 1 aliphatic carbocycles. The summed E-state index contributed by atoms with van der Waals surface area (Å²) in [4.78, 5) is 26.8. The van der Waals surface area contributed by atoms with Crippen LogP contribution in [0.3, 0.4) is 0 Å². The minimum Gasteiger partial charge on any atom is -0.340 e. The molecule has 0 atom stereocenters. The van der Waals surface area contributed by atoms with Crippen molar-refractivity contribution >= 4 is 17.5 Å². The number of carbonyl (C=O) groups is 2. The van der Waals surface area contributed by atoms with Gasteiger partial charge in [-0.05, 0) is 30.5 Å². The van der Waals surface area contributed by atoms with Crippen molar-refractivity contribution in [2.45, 2.75) is 19.4 Å². The van der Waals surface area contributed by atoms with Crippen LogP contribution in [0.25, 0.3) is 0 Å². The number of nitrogens with one attached hydrogen (secondary N) is 1. The summed E-state index contributed by atoms with van der Waals surface area (Å²) in [7, 11) is 1.69. The zero-order valence-electron chi connectivity index (χ0n) is 13.5. The highest BCUT2D eigenvalue weighted by atomic mass is 19.1. The van der Waals surface area contributed by atoms with Crippen LogP contribution in [0.15, 0.2) is 54.6 Å². The van der Waals surface area contributed by atoms with Gasteiger partial charge >= 0.3 is 0 Å². The number of para-hydroxylation sites is 1. The van der Waals surface area contributed by atoms with Gasteiger partial charge in [0, 0.05) is 13.6 Å². The van der Waals surface area contributed by atoms with Gasteiger partial charge in [0.1, 0.15) is 11.2 Å². The maximum Gasteiger partial charge on any atom is 0.240 e. The number of amides is 2. The molecule has 4 nitrogen and oxygen atoms in total. The first-order valence-corrected chi connectivity index (χ1v) is 7.88. The largest absolute Gasteiger partial charge is 0.340 e. The minimum atomic E-state index is -1.06. The van der Waals surface area contributed by atoms with Crippen LogP contribution < -0.4 is 5.32 Å². The third-order valence-corrected chi connectivity index (χ3v) is 4.33. The molecule has 0 saturated heterocycles. The fraction of sp³-hybridized carbons (Fsp3) is 0.263. The van der Waals surface area contributed by atoms with E-state index in [1.54, 1.807) is 24.1 Å². The number of nitrogens with zero attached hydrogens (tertiary/aromatic N) is 1. The van der Waals surface area contributed by atoms with Gasteiger partial charge in [-0.25, -0.2) is 4.39 Å². The van der Waals surface area contributed by atoms with Gasteiger partial charge in [0.05, 0.1) is 5.69 Å². The second-order valence-electron chi connectivity index (χ2n) is 6.16. The van der Waals surface area contributed by atoms with Gasteiger partial charge in [-0.2, -0.15) is 0 Å². The summed E-state index contributed by atoms with van der Waals surface area (Å²) in [6, 6.07) is 15.6. The first-order valence-electron chi connectivity index (χ1n) is 7.88. The molecule has 1 aliphatic rings. The highest BCUT2D eigenvalue weighted by molar-refractivity contribution is 6.12. The predicted molar refractivity (Wildman–Crippen MR) is 89.6 cm³/mol. The summed E-state index contributed by atoms with van der Waals surface area (Å²) in [5, 5.41) is 2.55. The second-order valence-corrected chi connectivity index (χ2v) is 6.16. The molecule has 1 N–H and O–H groups in total. The Kier molecular flexibility index (Phi) is 4.34. The Hall–Kier alpha value is -2.69. The molecule has 2 amide bonds. The van der Waals surface area contributed by atoms with Crippen molar-refractivity contribution in [1.82, 2.24) is 4.90 Å². The molecule has 0 aromatic heterocycles. The molecular formula is C19H19FN2O2. The van der Waals surface area contributed by atoms with Crippen molar-refractivity contribution in [2.75, 3.05) is 12.4 Å². The van der Waals surface area contributed by atoms with Crippen LogP contribution >= 0.6 is 0 Å². The van der Waals surface area contributed by atoms with E-state index in [0.29, 0.717) is 19.4 Å². The molecule has 24 heavy (non-hydrogen) atoms. The third kappa shape index (κ3) is 3.15. The summed E-state index contributed by atoms with van der Waals surface area (Å²) >= 11 is 0. The van der Waals surface area contributed by atoms with Crippen molar-refractivity contribution in [1.29, 1.82) is 0 Å². The number of hydrogen-bond acceptors (Lipinski definition) is 2. The molecule has 0 bridgehead atoms. The number of rotatable bonds is 5. The Morgan fingerprint density at radius 3 is 2.33 bits per heavy atom. The lowest BCUT2D eigenvalue weighted by Gasteiger charge is -2.23. The smallest absolute Gasteiger partial charge is 0.240 e. The van der Waals surface area contributed by atoms with Crippen LogP contribution in [0.5, 0.6) is 0 Å². The normalized spacial score (nSPS) is 14.8.